The molecule has 0 heterocycles. The van der Waals surface area contributed by atoms with Gasteiger partial charge in [-0.2, -0.15) is 0 Å². The summed E-state index contributed by atoms with van der Waals surface area (Å²) in [6.45, 7) is 4.31. The fourth-order valence-electron chi connectivity index (χ4n) is 0.917. The van der Waals surface area contributed by atoms with Gasteiger partial charge in [-0.3, -0.25) is 0 Å². The van der Waals surface area contributed by atoms with E-state index in [2.05, 4.69) is 13.8 Å². The minimum absolute atomic E-state index is 0.347. The van der Waals surface area contributed by atoms with Crippen LogP contribution in [0.4, 0.5) is 0 Å². The van der Waals surface area contributed by atoms with Crippen molar-refractivity contribution in [3.8, 4) is 0 Å². The Morgan fingerprint density at radius 2 is 1.73 bits per heavy atom. The second-order valence-electron chi connectivity index (χ2n) is 3.52. The second kappa shape index (κ2) is 4.75. The number of hydrogen-bond acceptors (Lipinski definition) is 2. The summed E-state index contributed by atoms with van der Waals surface area (Å²) in [4.78, 5) is 0. The van der Waals surface area contributed by atoms with Crippen molar-refractivity contribution in [2.75, 3.05) is 12.0 Å². The fourth-order valence-corrected chi connectivity index (χ4v) is 1.65. The number of hydrogen-bond donors (Lipinski definition) is 0. The van der Waals surface area contributed by atoms with Crippen LogP contribution in [-0.2, 0) is 9.84 Å². The quantitative estimate of drug-likeness (QED) is 0.602. The molecule has 2 nitrogen and oxygen atoms in total. The maximum Gasteiger partial charge on any atom is 0.147 e. The van der Waals surface area contributed by atoms with Crippen LogP contribution < -0.4 is 0 Å². The summed E-state index contributed by atoms with van der Waals surface area (Å²) in [5.41, 5.74) is 0. The molecule has 3 heteroatoms. The van der Waals surface area contributed by atoms with Gasteiger partial charge in [0.1, 0.15) is 9.84 Å². The summed E-state index contributed by atoms with van der Waals surface area (Å²) < 4.78 is 21.4. The molecule has 0 aliphatic rings. The standard InChI is InChI=1S/C8H18O2S/c1-8(2)6-4-5-7-11(3,9)10/h8H,4-7H2,1-3H3. The second-order valence-corrected chi connectivity index (χ2v) is 5.78. The fraction of sp³-hybridized carbons (Fsp3) is 1.00. The summed E-state index contributed by atoms with van der Waals surface area (Å²) in [6.07, 6.45) is 4.28. The molecular formula is C8H18O2S. The van der Waals surface area contributed by atoms with E-state index in [4.69, 9.17) is 0 Å². The lowest BCUT2D eigenvalue weighted by atomic mass is 10.1. The monoisotopic (exact) mass is 178 g/mol. The van der Waals surface area contributed by atoms with E-state index < -0.39 is 9.84 Å². The van der Waals surface area contributed by atoms with Gasteiger partial charge in [0.2, 0.25) is 0 Å². The van der Waals surface area contributed by atoms with Gasteiger partial charge in [-0.1, -0.05) is 26.7 Å². The zero-order valence-corrected chi connectivity index (χ0v) is 8.45. The summed E-state index contributed by atoms with van der Waals surface area (Å²) in [7, 11) is -2.72. The molecule has 0 spiro atoms. The van der Waals surface area contributed by atoms with Crippen molar-refractivity contribution in [2.45, 2.75) is 33.1 Å². The normalized spacial score (nSPS) is 12.4. The van der Waals surface area contributed by atoms with E-state index in [-0.39, 0.29) is 0 Å². The first kappa shape index (κ1) is 11.0. The minimum Gasteiger partial charge on any atom is -0.229 e. The third kappa shape index (κ3) is 9.95. The lowest BCUT2D eigenvalue weighted by Gasteiger charge is -2.02. The molecule has 0 aromatic rings. The zero-order chi connectivity index (χ0) is 8.91. The Bertz CT molecular complexity index is 180. The van der Waals surface area contributed by atoms with Gasteiger partial charge >= 0.3 is 0 Å². The smallest absolute Gasteiger partial charge is 0.147 e. The number of sulfone groups is 1. The van der Waals surface area contributed by atoms with E-state index in [1.807, 2.05) is 0 Å². The van der Waals surface area contributed by atoms with E-state index in [0.717, 1.165) is 19.3 Å². The van der Waals surface area contributed by atoms with Crippen molar-refractivity contribution >= 4 is 9.84 Å². The molecule has 0 fully saturated rings. The molecule has 0 radical (unpaired) electrons. The Kier molecular flexibility index (Phi) is 4.73. The summed E-state index contributed by atoms with van der Waals surface area (Å²) in [5, 5.41) is 0. The average Bonchev–Trinajstić information content (AvgIpc) is 1.78. The molecule has 0 unspecified atom stereocenters. The molecule has 0 N–H and O–H groups in total. The summed E-state index contributed by atoms with van der Waals surface area (Å²) in [6, 6.07) is 0. The Balaban J connectivity index is 3.30. The van der Waals surface area contributed by atoms with Gasteiger partial charge in [-0.25, -0.2) is 8.42 Å². The van der Waals surface area contributed by atoms with Crippen molar-refractivity contribution < 1.29 is 8.42 Å². The van der Waals surface area contributed by atoms with E-state index >= 15 is 0 Å². The SMILES string of the molecule is CC(C)CCCCS(C)(=O)=O. The summed E-state index contributed by atoms with van der Waals surface area (Å²) in [5.74, 6) is 1.04. The van der Waals surface area contributed by atoms with Crippen LogP contribution in [0.5, 0.6) is 0 Å². The largest absolute Gasteiger partial charge is 0.229 e. The van der Waals surface area contributed by atoms with Crippen LogP contribution in [0.2, 0.25) is 0 Å². The van der Waals surface area contributed by atoms with Gasteiger partial charge in [0, 0.05) is 12.0 Å². The molecule has 0 aliphatic carbocycles. The van der Waals surface area contributed by atoms with E-state index in [0.29, 0.717) is 11.7 Å². The van der Waals surface area contributed by atoms with Crippen LogP contribution in [0.25, 0.3) is 0 Å². The zero-order valence-electron chi connectivity index (χ0n) is 7.63. The van der Waals surface area contributed by atoms with Gasteiger partial charge < -0.3 is 0 Å². The molecule has 0 rings (SSSR count). The lowest BCUT2D eigenvalue weighted by molar-refractivity contribution is 0.544. The highest BCUT2D eigenvalue weighted by molar-refractivity contribution is 7.90. The van der Waals surface area contributed by atoms with Crippen LogP contribution >= 0.6 is 0 Å². The van der Waals surface area contributed by atoms with Crippen LogP contribution in [0.1, 0.15) is 33.1 Å². The van der Waals surface area contributed by atoms with E-state index in [1.165, 1.54) is 6.26 Å². The maximum absolute atomic E-state index is 10.7. The topological polar surface area (TPSA) is 34.1 Å². The molecule has 68 valence electrons. The van der Waals surface area contributed by atoms with E-state index in [9.17, 15) is 8.42 Å². The van der Waals surface area contributed by atoms with Crippen molar-refractivity contribution in [3.05, 3.63) is 0 Å². The maximum atomic E-state index is 10.7. The molecule has 0 aromatic carbocycles. The van der Waals surface area contributed by atoms with Gasteiger partial charge in [-0.05, 0) is 12.3 Å². The van der Waals surface area contributed by atoms with Gasteiger partial charge in [-0.15, -0.1) is 0 Å². The van der Waals surface area contributed by atoms with Crippen molar-refractivity contribution in [1.29, 1.82) is 0 Å². The molecule has 0 atom stereocenters. The van der Waals surface area contributed by atoms with Gasteiger partial charge in [0.15, 0.2) is 0 Å². The van der Waals surface area contributed by atoms with Crippen LogP contribution in [-0.4, -0.2) is 20.4 Å². The molecule has 0 saturated heterocycles. The molecule has 11 heavy (non-hydrogen) atoms. The Labute approximate surface area is 69.9 Å². The van der Waals surface area contributed by atoms with Crippen molar-refractivity contribution in [1.82, 2.24) is 0 Å². The Morgan fingerprint density at radius 3 is 2.09 bits per heavy atom. The first-order valence-corrected chi connectivity index (χ1v) is 6.15. The molecule has 0 aliphatic heterocycles. The average molecular weight is 178 g/mol. The van der Waals surface area contributed by atoms with Crippen molar-refractivity contribution in [2.24, 2.45) is 5.92 Å². The van der Waals surface area contributed by atoms with Crippen LogP contribution in [0, 0.1) is 5.92 Å². The number of unbranched alkanes of at least 4 members (excludes halogenated alkanes) is 1. The third-order valence-corrected chi connectivity index (χ3v) is 2.58. The Hall–Kier alpha value is -0.0500. The lowest BCUT2D eigenvalue weighted by Crippen LogP contribution is -2.02. The molecule has 0 saturated carbocycles. The Morgan fingerprint density at radius 1 is 1.18 bits per heavy atom. The summed E-state index contributed by atoms with van der Waals surface area (Å²) >= 11 is 0. The third-order valence-electron chi connectivity index (χ3n) is 1.55. The van der Waals surface area contributed by atoms with Gasteiger partial charge in [0.25, 0.3) is 0 Å². The highest BCUT2D eigenvalue weighted by Crippen LogP contribution is 2.06. The highest BCUT2D eigenvalue weighted by atomic mass is 32.2. The van der Waals surface area contributed by atoms with Crippen LogP contribution in [0.3, 0.4) is 0 Å². The first-order valence-electron chi connectivity index (χ1n) is 4.09. The van der Waals surface area contributed by atoms with Crippen LogP contribution in [0.15, 0.2) is 0 Å². The first-order chi connectivity index (χ1) is 4.92. The highest BCUT2D eigenvalue weighted by Gasteiger charge is 2.01. The molecule has 0 aromatic heterocycles. The minimum atomic E-state index is -2.72. The number of rotatable bonds is 5. The predicted octanol–water partition coefficient (Wildman–Crippen LogP) is 1.86. The predicted molar refractivity (Wildman–Crippen MR) is 48.4 cm³/mol. The van der Waals surface area contributed by atoms with Crippen molar-refractivity contribution in [3.63, 3.8) is 0 Å². The van der Waals surface area contributed by atoms with E-state index in [1.54, 1.807) is 0 Å². The molecular weight excluding hydrogens is 160 g/mol. The van der Waals surface area contributed by atoms with Gasteiger partial charge in [0.05, 0.1) is 0 Å². The molecule has 0 bridgehead atoms. The molecule has 0 amide bonds.